The highest BCUT2D eigenvalue weighted by Crippen LogP contribution is 2.15. The van der Waals surface area contributed by atoms with Gasteiger partial charge in [-0.25, -0.2) is 19.9 Å². The standard InChI is InChI=1S/C8H9N5/c1-13(2)8-6-7(11-5-12-8)10-4-3-9-6/h3-5H,1-2H3. The summed E-state index contributed by atoms with van der Waals surface area (Å²) in [6, 6.07) is 0. The molecule has 0 aliphatic heterocycles. The fourth-order valence-corrected chi connectivity index (χ4v) is 1.11. The van der Waals surface area contributed by atoms with Crippen LogP contribution in [0.3, 0.4) is 0 Å². The third-order valence-electron chi connectivity index (χ3n) is 1.67. The van der Waals surface area contributed by atoms with Crippen molar-refractivity contribution >= 4 is 17.0 Å². The molecular weight excluding hydrogens is 166 g/mol. The molecule has 13 heavy (non-hydrogen) atoms. The van der Waals surface area contributed by atoms with Crippen LogP contribution in [0, 0.1) is 0 Å². The van der Waals surface area contributed by atoms with Crippen LogP contribution in [0.5, 0.6) is 0 Å². The fourth-order valence-electron chi connectivity index (χ4n) is 1.11. The highest BCUT2D eigenvalue weighted by molar-refractivity contribution is 5.81. The summed E-state index contributed by atoms with van der Waals surface area (Å²) in [7, 11) is 3.83. The molecule has 0 radical (unpaired) electrons. The van der Waals surface area contributed by atoms with Crippen LogP contribution in [0.25, 0.3) is 11.2 Å². The molecule has 2 heterocycles. The highest BCUT2D eigenvalue weighted by Gasteiger charge is 2.05. The molecule has 0 saturated heterocycles. The van der Waals surface area contributed by atoms with Crippen LogP contribution in [-0.2, 0) is 0 Å². The molecular formula is C8H9N5. The molecule has 0 aliphatic rings. The molecule has 0 saturated carbocycles. The van der Waals surface area contributed by atoms with E-state index in [-0.39, 0.29) is 0 Å². The summed E-state index contributed by atoms with van der Waals surface area (Å²) in [4.78, 5) is 18.3. The van der Waals surface area contributed by atoms with Crippen LogP contribution in [-0.4, -0.2) is 34.0 Å². The average molecular weight is 175 g/mol. The molecule has 0 N–H and O–H groups in total. The topological polar surface area (TPSA) is 54.8 Å². The number of hydrogen-bond acceptors (Lipinski definition) is 5. The van der Waals surface area contributed by atoms with E-state index in [1.54, 1.807) is 12.4 Å². The number of nitrogens with zero attached hydrogens (tertiary/aromatic N) is 5. The van der Waals surface area contributed by atoms with Crippen LogP contribution in [0.15, 0.2) is 18.7 Å². The number of hydrogen-bond donors (Lipinski definition) is 0. The van der Waals surface area contributed by atoms with E-state index in [4.69, 9.17) is 0 Å². The van der Waals surface area contributed by atoms with Gasteiger partial charge in [-0.05, 0) is 0 Å². The maximum Gasteiger partial charge on any atom is 0.183 e. The summed E-state index contributed by atoms with van der Waals surface area (Å²) in [6.45, 7) is 0. The lowest BCUT2D eigenvalue weighted by molar-refractivity contribution is 1.04. The van der Waals surface area contributed by atoms with Crippen molar-refractivity contribution in [2.75, 3.05) is 19.0 Å². The molecule has 5 heteroatoms. The van der Waals surface area contributed by atoms with E-state index >= 15 is 0 Å². The summed E-state index contributed by atoms with van der Waals surface area (Å²) in [5.74, 6) is 0.790. The first-order chi connectivity index (χ1) is 6.29. The monoisotopic (exact) mass is 175 g/mol. The van der Waals surface area contributed by atoms with Gasteiger partial charge in [0.15, 0.2) is 17.0 Å². The van der Waals surface area contributed by atoms with Crippen molar-refractivity contribution in [1.82, 2.24) is 19.9 Å². The third-order valence-corrected chi connectivity index (χ3v) is 1.67. The Morgan fingerprint density at radius 3 is 2.54 bits per heavy atom. The Bertz CT molecular complexity index is 420. The van der Waals surface area contributed by atoms with Gasteiger partial charge in [-0.1, -0.05) is 0 Å². The Labute approximate surface area is 75.5 Å². The van der Waals surface area contributed by atoms with E-state index in [1.807, 2.05) is 19.0 Å². The summed E-state index contributed by atoms with van der Waals surface area (Å²) in [6.07, 6.45) is 4.75. The molecule has 0 spiro atoms. The number of aromatic nitrogens is 4. The quantitative estimate of drug-likeness (QED) is 0.631. The van der Waals surface area contributed by atoms with Gasteiger partial charge in [-0.3, -0.25) is 0 Å². The Balaban J connectivity index is 2.76. The minimum atomic E-state index is 0.626. The molecule has 2 rings (SSSR count). The summed E-state index contributed by atoms with van der Waals surface area (Å²) in [5, 5.41) is 0. The molecule has 0 atom stereocenters. The zero-order chi connectivity index (χ0) is 9.26. The highest BCUT2D eigenvalue weighted by atomic mass is 15.2. The van der Waals surface area contributed by atoms with Crippen molar-refractivity contribution in [2.45, 2.75) is 0 Å². The maximum atomic E-state index is 4.17. The second kappa shape index (κ2) is 2.93. The van der Waals surface area contributed by atoms with Crippen molar-refractivity contribution in [2.24, 2.45) is 0 Å². The van der Waals surface area contributed by atoms with Gasteiger partial charge in [0.25, 0.3) is 0 Å². The normalized spacial score (nSPS) is 10.3. The van der Waals surface area contributed by atoms with Gasteiger partial charge < -0.3 is 4.90 Å². The van der Waals surface area contributed by atoms with Crippen LogP contribution < -0.4 is 4.90 Å². The summed E-state index contributed by atoms with van der Waals surface area (Å²) < 4.78 is 0. The SMILES string of the molecule is CN(C)c1ncnc2nccnc12. The van der Waals surface area contributed by atoms with Crippen molar-refractivity contribution in [3.05, 3.63) is 18.7 Å². The Hall–Kier alpha value is -1.78. The molecule has 66 valence electrons. The van der Waals surface area contributed by atoms with Crippen molar-refractivity contribution < 1.29 is 0 Å². The van der Waals surface area contributed by atoms with Gasteiger partial charge in [0.1, 0.15) is 6.33 Å². The van der Waals surface area contributed by atoms with E-state index in [9.17, 15) is 0 Å². The summed E-state index contributed by atoms with van der Waals surface area (Å²) in [5.41, 5.74) is 1.36. The molecule has 0 aromatic carbocycles. The summed E-state index contributed by atoms with van der Waals surface area (Å²) >= 11 is 0. The number of fused-ring (bicyclic) bond motifs is 1. The van der Waals surface area contributed by atoms with Gasteiger partial charge in [0, 0.05) is 26.5 Å². The second-order valence-electron chi connectivity index (χ2n) is 2.82. The first kappa shape index (κ1) is 7.85. The number of rotatable bonds is 1. The smallest absolute Gasteiger partial charge is 0.183 e. The zero-order valence-electron chi connectivity index (χ0n) is 7.47. The van der Waals surface area contributed by atoms with Crippen LogP contribution in [0.1, 0.15) is 0 Å². The Morgan fingerprint density at radius 2 is 1.77 bits per heavy atom. The van der Waals surface area contributed by atoms with E-state index < -0.39 is 0 Å². The lowest BCUT2D eigenvalue weighted by atomic mass is 10.4. The van der Waals surface area contributed by atoms with Gasteiger partial charge in [0.05, 0.1) is 0 Å². The zero-order valence-corrected chi connectivity index (χ0v) is 7.47. The van der Waals surface area contributed by atoms with E-state index in [2.05, 4.69) is 19.9 Å². The minimum Gasteiger partial charge on any atom is -0.361 e. The molecule has 2 aromatic heterocycles. The van der Waals surface area contributed by atoms with Crippen molar-refractivity contribution in [3.8, 4) is 0 Å². The predicted octanol–water partition coefficient (Wildman–Crippen LogP) is 0.486. The lowest BCUT2D eigenvalue weighted by Gasteiger charge is -2.11. The maximum absolute atomic E-state index is 4.17. The van der Waals surface area contributed by atoms with Crippen LogP contribution in [0.2, 0.25) is 0 Å². The van der Waals surface area contributed by atoms with Crippen LogP contribution >= 0.6 is 0 Å². The van der Waals surface area contributed by atoms with Gasteiger partial charge >= 0.3 is 0 Å². The lowest BCUT2D eigenvalue weighted by Crippen LogP contribution is -2.12. The number of anilines is 1. The van der Waals surface area contributed by atoms with Gasteiger partial charge in [0.2, 0.25) is 0 Å². The molecule has 5 nitrogen and oxygen atoms in total. The van der Waals surface area contributed by atoms with Crippen molar-refractivity contribution in [1.29, 1.82) is 0 Å². The molecule has 0 aliphatic carbocycles. The van der Waals surface area contributed by atoms with Crippen LogP contribution in [0.4, 0.5) is 5.82 Å². The van der Waals surface area contributed by atoms with E-state index in [0.717, 1.165) is 11.3 Å². The van der Waals surface area contributed by atoms with E-state index in [1.165, 1.54) is 6.33 Å². The fraction of sp³-hybridized carbons (Fsp3) is 0.250. The Kier molecular flexibility index (Phi) is 1.77. The van der Waals surface area contributed by atoms with Gasteiger partial charge in [-0.15, -0.1) is 0 Å². The first-order valence-electron chi connectivity index (χ1n) is 3.88. The molecule has 0 fully saturated rings. The Morgan fingerprint density at radius 1 is 1.00 bits per heavy atom. The molecule has 2 aromatic rings. The minimum absolute atomic E-state index is 0.626. The van der Waals surface area contributed by atoms with E-state index in [0.29, 0.717) is 5.65 Å². The largest absolute Gasteiger partial charge is 0.361 e. The molecule has 0 amide bonds. The molecule has 0 unspecified atom stereocenters. The average Bonchev–Trinajstić information content (AvgIpc) is 2.17. The predicted molar refractivity (Wildman–Crippen MR) is 49.5 cm³/mol. The van der Waals surface area contributed by atoms with Gasteiger partial charge in [-0.2, -0.15) is 0 Å². The second-order valence-corrected chi connectivity index (χ2v) is 2.82. The third kappa shape index (κ3) is 1.28. The molecule has 0 bridgehead atoms. The first-order valence-corrected chi connectivity index (χ1v) is 3.88. The van der Waals surface area contributed by atoms with Crippen molar-refractivity contribution in [3.63, 3.8) is 0 Å².